The molecule has 354 valence electrons. The fourth-order valence-electron chi connectivity index (χ4n) is 8.20. The molecule has 1 fully saturated rings. The average molecular weight is 900 g/mol. The van der Waals surface area contributed by atoms with Crippen molar-refractivity contribution < 1.29 is 37.7 Å². The van der Waals surface area contributed by atoms with Crippen LogP contribution in [0.3, 0.4) is 0 Å². The molecular formula is C47H77N7O8S. The number of hydrogen-bond acceptors (Lipinski definition) is 10. The summed E-state index contributed by atoms with van der Waals surface area (Å²) >= 11 is 0. The molecule has 3 rings (SSSR count). The first-order valence-corrected chi connectivity index (χ1v) is 23.6. The van der Waals surface area contributed by atoms with Gasteiger partial charge in [0.2, 0.25) is 23.6 Å². The Morgan fingerprint density at radius 3 is 2.03 bits per heavy atom. The second-order valence-electron chi connectivity index (χ2n) is 17.2. The summed E-state index contributed by atoms with van der Waals surface area (Å²) in [4.78, 5) is 73.5. The summed E-state index contributed by atoms with van der Waals surface area (Å²) in [6.07, 6.45) is 2.01. The summed E-state index contributed by atoms with van der Waals surface area (Å²) in [5, 5.41) is 5.68. The number of nitrogens with one attached hydrogen (secondary N) is 3. The minimum atomic E-state index is -1.77. The average Bonchev–Trinajstić information content (AvgIpc) is 3.73. The predicted molar refractivity (Wildman–Crippen MR) is 250 cm³/mol. The Hall–Kier alpha value is -4.38. The molecule has 9 unspecified atom stereocenters. The molecule has 2 aromatic rings. The third kappa shape index (κ3) is 16.9. The van der Waals surface area contributed by atoms with Gasteiger partial charge >= 0.3 is 0 Å². The van der Waals surface area contributed by atoms with Gasteiger partial charge in [-0.3, -0.25) is 33.6 Å². The first-order chi connectivity index (χ1) is 29.8. The SMILES string of the molecule is CCC.CCC(C)C(C(CC(=O)N1CCCC1C(OC)C(C)C(=O)NC(Cc1ccccc1)C(=O)NS(=O)Cc1ccc(N)cc1)OC)N(C)C(=O)CNC(=O)C(C(C)C)N(C)C. The highest BCUT2D eigenvalue weighted by Crippen LogP contribution is 2.29. The number of methoxy groups -OCH3 is 2. The minimum absolute atomic E-state index is 0.0219. The molecule has 15 nitrogen and oxygen atoms in total. The van der Waals surface area contributed by atoms with Crippen LogP contribution < -0.4 is 21.1 Å². The fourth-order valence-corrected chi connectivity index (χ4v) is 9.13. The van der Waals surface area contributed by atoms with Crippen molar-refractivity contribution in [2.24, 2.45) is 17.8 Å². The smallest absolute Gasteiger partial charge is 0.254 e. The molecule has 16 heteroatoms. The number of anilines is 1. The van der Waals surface area contributed by atoms with Crippen LogP contribution in [0.5, 0.6) is 0 Å². The molecule has 0 aliphatic carbocycles. The Morgan fingerprint density at radius 1 is 0.873 bits per heavy atom. The van der Waals surface area contributed by atoms with E-state index in [1.807, 2.05) is 77.0 Å². The van der Waals surface area contributed by atoms with Gasteiger partial charge in [0, 0.05) is 39.9 Å². The van der Waals surface area contributed by atoms with Crippen molar-refractivity contribution in [2.75, 3.05) is 54.2 Å². The summed E-state index contributed by atoms with van der Waals surface area (Å²) in [5.74, 6) is -2.50. The van der Waals surface area contributed by atoms with Crippen molar-refractivity contribution in [1.29, 1.82) is 0 Å². The molecule has 0 radical (unpaired) electrons. The predicted octanol–water partition coefficient (Wildman–Crippen LogP) is 4.32. The number of likely N-dealkylation sites (tertiary alicyclic amines) is 1. The maximum Gasteiger partial charge on any atom is 0.254 e. The van der Waals surface area contributed by atoms with Crippen molar-refractivity contribution in [3.8, 4) is 0 Å². The molecule has 63 heavy (non-hydrogen) atoms. The van der Waals surface area contributed by atoms with Gasteiger partial charge in [-0.05, 0) is 62.0 Å². The molecule has 1 aliphatic heterocycles. The fraction of sp³-hybridized carbons (Fsp3) is 0.638. The maximum atomic E-state index is 14.2. The molecular weight excluding hydrogens is 823 g/mol. The molecule has 2 aromatic carbocycles. The van der Waals surface area contributed by atoms with Crippen LogP contribution in [0.4, 0.5) is 5.69 Å². The summed E-state index contributed by atoms with van der Waals surface area (Å²) in [7, 11) is 6.59. The number of nitrogens with zero attached hydrogens (tertiary/aromatic N) is 3. The van der Waals surface area contributed by atoms with Crippen molar-refractivity contribution in [3.05, 3.63) is 65.7 Å². The number of amides is 5. The van der Waals surface area contributed by atoms with E-state index in [0.717, 1.165) is 11.1 Å². The highest BCUT2D eigenvalue weighted by molar-refractivity contribution is 7.82. The second-order valence-corrected chi connectivity index (χ2v) is 18.4. The van der Waals surface area contributed by atoms with Crippen molar-refractivity contribution in [3.63, 3.8) is 0 Å². The van der Waals surface area contributed by atoms with Crippen molar-refractivity contribution in [2.45, 2.75) is 129 Å². The van der Waals surface area contributed by atoms with E-state index in [1.54, 1.807) is 48.0 Å². The van der Waals surface area contributed by atoms with Crippen LogP contribution in [0.1, 0.15) is 91.7 Å². The van der Waals surface area contributed by atoms with E-state index in [1.165, 1.54) is 20.6 Å². The standard InChI is InChI=1S/C44H69N7O8S.C3H8/c1-11-29(4)40(50(8)38(53)26-46-44(56)39(28(2)3)49(6)7)36(58-9)25-37(52)51-23-15-18-35(51)41(59-10)30(5)42(54)47-34(24-31-16-13-12-14-17-31)43(55)48-60(57)27-32-19-21-33(45)22-20-32;1-3-2/h12-14,16-17,19-22,28-30,34-36,39-41H,11,15,18,23-27,45H2,1-10H3,(H,46,56)(H,47,54)(H,48,55);3H2,1-2H3. The molecule has 1 aliphatic rings. The number of carbonyl (C=O) groups is 5. The lowest BCUT2D eigenvalue weighted by atomic mass is 9.90. The van der Waals surface area contributed by atoms with Crippen LogP contribution in [-0.2, 0) is 56.6 Å². The Balaban J connectivity index is 0.00000442. The first kappa shape index (κ1) is 54.8. The molecule has 1 saturated heterocycles. The zero-order chi connectivity index (χ0) is 47.4. The van der Waals surface area contributed by atoms with Gasteiger partial charge in [-0.15, -0.1) is 0 Å². The molecule has 0 spiro atoms. The van der Waals surface area contributed by atoms with Gasteiger partial charge in [-0.2, -0.15) is 0 Å². The molecule has 5 amide bonds. The third-order valence-corrected chi connectivity index (χ3v) is 12.6. The summed E-state index contributed by atoms with van der Waals surface area (Å²) < 4.78 is 27.5. The minimum Gasteiger partial charge on any atom is -0.399 e. The molecule has 5 N–H and O–H groups in total. The van der Waals surface area contributed by atoms with E-state index in [2.05, 4.69) is 29.2 Å². The van der Waals surface area contributed by atoms with Crippen molar-refractivity contribution >= 4 is 46.2 Å². The zero-order valence-electron chi connectivity index (χ0n) is 39.8. The number of nitrogen functional groups attached to an aromatic ring is 1. The van der Waals surface area contributed by atoms with Crippen LogP contribution in [0.2, 0.25) is 0 Å². The molecule has 0 bridgehead atoms. The quantitative estimate of drug-likeness (QED) is 0.117. The van der Waals surface area contributed by atoms with E-state index in [0.29, 0.717) is 31.5 Å². The normalized spacial score (nSPS) is 17.6. The molecule has 0 saturated carbocycles. The number of nitrogens with two attached hydrogens (primary N) is 1. The van der Waals surface area contributed by atoms with Crippen LogP contribution in [0, 0.1) is 17.8 Å². The van der Waals surface area contributed by atoms with Gasteiger partial charge in [0.05, 0.1) is 55.0 Å². The number of benzene rings is 2. The first-order valence-electron chi connectivity index (χ1n) is 22.3. The van der Waals surface area contributed by atoms with Gasteiger partial charge in [0.15, 0.2) is 0 Å². The van der Waals surface area contributed by atoms with E-state index in [4.69, 9.17) is 15.2 Å². The Bertz CT molecular complexity index is 1740. The monoisotopic (exact) mass is 900 g/mol. The Morgan fingerprint density at radius 2 is 1.49 bits per heavy atom. The zero-order valence-corrected chi connectivity index (χ0v) is 40.7. The Labute approximate surface area is 379 Å². The van der Waals surface area contributed by atoms with Crippen LogP contribution in [0.15, 0.2) is 54.6 Å². The topological polar surface area (TPSA) is 193 Å². The van der Waals surface area contributed by atoms with Crippen LogP contribution in [-0.4, -0.2) is 133 Å². The van der Waals surface area contributed by atoms with E-state index in [-0.39, 0.29) is 54.7 Å². The van der Waals surface area contributed by atoms with Crippen molar-refractivity contribution in [1.82, 2.24) is 30.1 Å². The van der Waals surface area contributed by atoms with Crippen LogP contribution >= 0.6 is 0 Å². The lowest BCUT2D eigenvalue weighted by molar-refractivity contribution is -0.146. The summed E-state index contributed by atoms with van der Waals surface area (Å²) in [5.41, 5.74) is 7.88. The van der Waals surface area contributed by atoms with Crippen LogP contribution in [0.25, 0.3) is 0 Å². The lowest BCUT2D eigenvalue weighted by Crippen LogP contribution is -2.55. The van der Waals surface area contributed by atoms with Gasteiger partial charge in [0.1, 0.15) is 17.0 Å². The molecule has 1 heterocycles. The molecule has 9 atom stereocenters. The highest BCUT2D eigenvalue weighted by atomic mass is 32.2. The number of hydrogen-bond donors (Lipinski definition) is 4. The second kappa shape index (κ2) is 27.7. The summed E-state index contributed by atoms with van der Waals surface area (Å²) in [6.45, 7) is 14.1. The van der Waals surface area contributed by atoms with E-state index in [9.17, 15) is 28.2 Å². The number of likely N-dealkylation sites (N-methyl/N-ethyl adjacent to an activating group) is 2. The molecule has 0 aromatic heterocycles. The van der Waals surface area contributed by atoms with Gasteiger partial charge < -0.3 is 35.6 Å². The van der Waals surface area contributed by atoms with E-state index >= 15 is 0 Å². The number of rotatable bonds is 23. The van der Waals surface area contributed by atoms with Gasteiger partial charge in [-0.1, -0.05) is 104 Å². The lowest BCUT2D eigenvalue weighted by Gasteiger charge is -2.39. The highest BCUT2D eigenvalue weighted by Gasteiger charge is 2.42. The van der Waals surface area contributed by atoms with E-state index < -0.39 is 65.1 Å². The third-order valence-electron chi connectivity index (χ3n) is 11.6. The summed E-state index contributed by atoms with van der Waals surface area (Å²) in [6, 6.07) is 13.7. The number of ether oxygens (including phenoxy) is 2. The maximum absolute atomic E-state index is 14.2. The Kier molecular flexibility index (Phi) is 24.1. The number of carbonyl (C=O) groups excluding carboxylic acids is 5. The van der Waals surface area contributed by atoms with Gasteiger partial charge in [0.25, 0.3) is 5.91 Å². The van der Waals surface area contributed by atoms with Gasteiger partial charge in [-0.25, -0.2) is 4.21 Å². The largest absolute Gasteiger partial charge is 0.399 e.